The summed E-state index contributed by atoms with van der Waals surface area (Å²) >= 11 is 1.38. The van der Waals surface area contributed by atoms with E-state index in [0.717, 1.165) is 37.0 Å². The van der Waals surface area contributed by atoms with Crippen molar-refractivity contribution in [2.75, 3.05) is 0 Å². The van der Waals surface area contributed by atoms with Crippen LogP contribution < -0.4 is 5.32 Å². The quantitative estimate of drug-likeness (QED) is 0.933. The molecule has 1 N–H and O–H groups in total. The van der Waals surface area contributed by atoms with Crippen LogP contribution in [0.3, 0.4) is 0 Å². The third kappa shape index (κ3) is 2.26. The monoisotopic (exact) mass is 301 g/mol. The van der Waals surface area contributed by atoms with E-state index in [0.29, 0.717) is 5.01 Å². The van der Waals surface area contributed by atoms with E-state index in [1.807, 2.05) is 5.38 Å². The van der Waals surface area contributed by atoms with Gasteiger partial charge in [0, 0.05) is 17.1 Å². The lowest BCUT2D eigenvalue weighted by molar-refractivity contribution is -0.127. The van der Waals surface area contributed by atoms with Crippen molar-refractivity contribution >= 4 is 17.2 Å². The summed E-state index contributed by atoms with van der Waals surface area (Å²) in [5, 5.41) is 15.0. The van der Waals surface area contributed by atoms with Gasteiger partial charge in [0.05, 0.1) is 6.07 Å². The molecule has 5 rings (SSSR count). The Labute approximate surface area is 128 Å². The molecule has 0 radical (unpaired) electrons. The number of nitriles is 1. The summed E-state index contributed by atoms with van der Waals surface area (Å²) in [4.78, 5) is 16.7. The van der Waals surface area contributed by atoms with Gasteiger partial charge in [-0.2, -0.15) is 5.26 Å². The number of amides is 1. The molecule has 4 aliphatic carbocycles. The van der Waals surface area contributed by atoms with E-state index in [4.69, 9.17) is 0 Å². The Hall–Kier alpha value is -1.41. The number of aromatic nitrogens is 1. The first kappa shape index (κ1) is 13.3. The van der Waals surface area contributed by atoms with Gasteiger partial charge in [0.2, 0.25) is 5.91 Å². The first-order chi connectivity index (χ1) is 10.2. The first-order valence-corrected chi connectivity index (χ1v) is 8.66. The Kier molecular flexibility index (Phi) is 3.04. The molecule has 0 saturated heterocycles. The highest BCUT2D eigenvalue weighted by molar-refractivity contribution is 7.09. The summed E-state index contributed by atoms with van der Waals surface area (Å²) in [5.41, 5.74) is -0.0296. The topological polar surface area (TPSA) is 65.8 Å². The maximum Gasteiger partial charge on any atom is 0.244 e. The van der Waals surface area contributed by atoms with Crippen LogP contribution in [-0.4, -0.2) is 16.4 Å². The zero-order valence-electron chi connectivity index (χ0n) is 11.9. The van der Waals surface area contributed by atoms with Gasteiger partial charge in [0.15, 0.2) is 5.92 Å². The third-order valence-corrected chi connectivity index (χ3v) is 6.36. The molecule has 4 nitrogen and oxygen atoms in total. The van der Waals surface area contributed by atoms with Crippen molar-refractivity contribution in [2.24, 2.45) is 17.8 Å². The van der Waals surface area contributed by atoms with Gasteiger partial charge >= 0.3 is 0 Å². The van der Waals surface area contributed by atoms with Gasteiger partial charge in [-0.25, -0.2) is 4.98 Å². The van der Waals surface area contributed by atoms with Crippen molar-refractivity contribution in [3.05, 3.63) is 16.6 Å². The second kappa shape index (κ2) is 4.81. The molecule has 1 aromatic rings. The molecular formula is C16H19N3OS. The van der Waals surface area contributed by atoms with Crippen molar-refractivity contribution in [1.29, 1.82) is 5.26 Å². The largest absolute Gasteiger partial charge is 0.349 e. The molecule has 0 spiro atoms. The van der Waals surface area contributed by atoms with E-state index in [1.165, 1.54) is 30.6 Å². The molecule has 4 bridgehead atoms. The third-order valence-electron chi connectivity index (χ3n) is 5.52. The number of carbonyl (C=O) groups excluding carboxylic acids is 1. The van der Waals surface area contributed by atoms with Gasteiger partial charge in [-0.1, -0.05) is 0 Å². The maximum atomic E-state index is 12.6. The molecule has 21 heavy (non-hydrogen) atoms. The van der Waals surface area contributed by atoms with Crippen LogP contribution in [0, 0.1) is 29.1 Å². The van der Waals surface area contributed by atoms with Gasteiger partial charge < -0.3 is 5.32 Å². The fourth-order valence-corrected chi connectivity index (χ4v) is 5.88. The summed E-state index contributed by atoms with van der Waals surface area (Å²) < 4.78 is 0. The summed E-state index contributed by atoms with van der Waals surface area (Å²) in [7, 11) is 0. The highest BCUT2D eigenvalue weighted by Gasteiger charge is 2.52. The highest BCUT2D eigenvalue weighted by atomic mass is 32.1. The standard InChI is InChI=1S/C16H19N3OS/c17-9-13(15-18-1-2-21-15)14(20)19-16-6-10-3-11(7-16)5-12(4-10)8-16/h1-2,10-13H,3-8H2,(H,19,20). The van der Waals surface area contributed by atoms with Crippen LogP contribution >= 0.6 is 11.3 Å². The summed E-state index contributed by atoms with van der Waals surface area (Å²) in [5.74, 6) is 1.47. The number of nitrogens with zero attached hydrogens (tertiary/aromatic N) is 2. The molecule has 0 aliphatic heterocycles. The van der Waals surface area contributed by atoms with Gasteiger partial charge in [0.25, 0.3) is 0 Å². The van der Waals surface area contributed by atoms with Crippen molar-refractivity contribution in [2.45, 2.75) is 50.0 Å². The lowest BCUT2D eigenvalue weighted by Gasteiger charge is -2.57. The molecule has 5 heteroatoms. The number of thiazole rings is 1. The van der Waals surface area contributed by atoms with Crippen LogP contribution in [0.15, 0.2) is 11.6 Å². The molecule has 1 aromatic heterocycles. The lowest BCUT2D eigenvalue weighted by Crippen LogP contribution is -2.60. The first-order valence-electron chi connectivity index (χ1n) is 7.78. The SMILES string of the molecule is N#CC(C(=O)NC12CC3CC(CC(C3)C1)C2)c1nccs1. The van der Waals surface area contributed by atoms with E-state index in [2.05, 4.69) is 16.4 Å². The summed E-state index contributed by atoms with van der Waals surface area (Å²) in [6.07, 6.45) is 9.04. The summed E-state index contributed by atoms with van der Waals surface area (Å²) in [6, 6.07) is 2.12. The average molecular weight is 301 g/mol. The van der Waals surface area contributed by atoms with E-state index in [9.17, 15) is 10.1 Å². The predicted molar refractivity (Wildman–Crippen MR) is 79.5 cm³/mol. The van der Waals surface area contributed by atoms with Gasteiger partial charge in [0.1, 0.15) is 5.01 Å². The van der Waals surface area contributed by atoms with Crippen LogP contribution in [-0.2, 0) is 4.79 Å². The molecule has 110 valence electrons. The second-order valence-electron chi connectivity index (χ2n) is 7.12. The van der Waals surface area contributed by atoms with E-state index in [1.54, 1.807) is 6.20 Å². The Morgan fingerprint density at radius 1 is 1.33 bits per heavy atom. The highest BCUT2D eigenvalue weighted by Crippen LogP contribution is 2.55. The molecule has 1 atom stereocenters. The number of rotatable bonds is 3. The Balaban J connectivity index is 1.53. The van der Waals surface area contributed by atoms with E-state index >= 15 is 0 Å². The smallest absolute Gasteiger partial charge is 0.244 e. The number of carbonyl (C=O) groups is 1. The van der Waals surface area contributed by atoms with E-state index in [-0.39, 0.29) is 11.4 Å². The Morgan fingerprint density at radius 2 is 1.95 bits per heavy atom. The molecule has 4 aliphatic rings. The Bertz CT molecular complexity index is 554. The minimum Gasteiger partial charge on any atom is -0.349 e. The van der Waals surface area contributed by atoms with Crippen LogP contribution in [0.5, 0.6) is 0 Å². The van der Waals surface area contributed by atoms with E-state index < -0.39 is 5.92 Å². The molecule has 4 fully saturated rings. The fraction of sp³-hybridized carbons (Fsp3) is 0.688. The average Bonchev–Trinajstić information content (AvgIpc) is 2.91. The van der Waals surface area contributed by atoms with Crippen molar-refractivity contribution in [3.63, 3.8) is 0 Å². The number of hydrogen-bond acceptors (Lipinski definition) is 4. The normalized spacial score (nSPS) is 38.0. The number of hydrogen-bond donors (Lipinski definition) is 1. The zero-order valence-corrected chi connectivity index (χ0v) is 12.7. The molecule has 1 heterocycles. The number of nitrogens with one attached hydrogen (secondary N) is 1. The minimum atomic E-state index is -0.752. The fourth-order valence-electron chi connectivity index (χ4n) is 5.20. The van der Waals surface area contributed by atoms with Crippen molar-refractivity contribution in [1.82, 2.24) is 10.3 Å². The molecule has 4 saturated carbocycles. The van der Waals surface area contributed by atoms with Crippen molar-refractivity contribution < 1.29 is 4.79 Å². The second-order valence-corrected chi connectivity index (χ2v) is 8.05. The molecule has 0 aromatic carbocycles. The minimum absolute atomic E-state index is 0.0296. The summed E-state index contributed by atoms with van der Waals surface area (Å²) in [6.45, 7) is 0. The Morgan fingerprint density at radius 3 is 2.43 bits per heavy atom. The van der Waals surface area contributed by atoms with Gasteiger partial charge in [-0.05, 0) is 56.3 Å². The molecule has 1 amide bonds. The molecule has 1 unspecified atom stereocenters. The van der Waals surface area contributed by atoms with Gasteiger partial charge in [-0.15, -0.1) is 11.3 Å². The lowest BCUT2D eigenvalue weighted by atomic mass is 9.53. The zero-order chi connectivity index (χ0) is 14.4. The predicted octanol–water partition coefficient (Wildman–Crippen LogP) is 2.84. The van der Waals surface area contributed by atoms with Crippen LogP contribution in [0.4, 0.5) is 0 Å². The maximum absolute atomic E-state index is 12.6. The van der Waals surface area contributed by atoms with Crippen molar-refractivity contribution in [3.8, 4) is 6.07 Å². The van der Waals surface area contributed by atoms with Crippen LogP contribution in [0.25, 0.3) is 0 Å². The molecular weight excluding hydrogens is 282 g/mol. The van der Waals surface area contributed by atoms with Crippen LogP contribution in [0.2, 0.25) is 0 Å². The van der Waals surface area contributed by atoms with Crippen LogP contribution in [0.1, 0.15) is 49.5 Å². The van der Waals surface area contributed by atoms with Gasteiger partial charge in [-0.3, -0.25) is 4.79 Å².